The Labute approximate surface area is 244 Å². The molecule has 0 radical (unpaired) electrons. The Morgan fingerprint density at radius 3 is 1.33 bits per heavy atom. The highest BCUT2D eigenvalue weighted by Gasteiger charge is 2.14. The molecule has 0 aliphatic rings. The van der Waals surface area contributed by atoms with E-state index in [2.05, 4.69) is 12.1 Å². The molecular weight excluding hydrogens is 520 g/mol. The minimum Gasteiger partial charge on any atom is -0.507 e. The van der Waals surface area contributed by atoms with Gasteiger partial charge >= 0.3 is 0 Å². The van der Waals surface area contributed by atoms with Crippen molar-refractivity contribution in [3.8, 4) is 33.8 Å². The van der Waals surface area contributed by atoms with E-state index in [9.17, 15) is 19.8 Å². The average molecular weight is 549 g/mol. The summed E-state index contributed by atoms with van der Waals surface area (Å²) in [5.41, 5.74) is 5.68. The number of carbonyl (C=O) groups excluding carboxylic acids is 2. The summed E-state index contributed by atoms with van der Waals surface area (Å²) >= 11 is 0. The van der Waals surface area contributed by atoms with E-state index in [0.717, 1.165) is 22.3 Å². The first-order valence-corrected chi connectivity index (χ1v) is 13.5. The van der Waals surface area contributed by atoms with E-state index in [1.165, 1.54) is 6.07 Å². The third-order valence-electron chi connectivity index (χ3n) is 6.78. The summed E-state index contributed by atoms with van der Waals surface area (Å²) in [5, 5.41) is 20.0. The van der Waals surface area contributed by atoms with Crippen molar-refractivity contribution in [3.05, 3.63) is 180 Å². The average Bonchev–Trinajstić information content (AvgIpc) is 3.06. The number of ketones is 2. The van der Waals surface area contributed by atoms with Crippen molar-refractivity contribution in [2.45, 2.75) is 0 Å². The van der Waals surface area contributed by atoms with Gasteiger partial charge in [0.1, 0.15) is 11.5 Å². The van der Waals surface area contributed by atoms with Crippen LogP contribution in [0.15, 0.2) is 158 Å². The van der Waals surface area contributed by atoms with Crippen molar-refractivity contribution in [3.63, 3.8) is 0 Å². The summed E-state index contributed by atoms with van der Waals surface area (Å²) in [6.07, 6.45) is 0. The first-order valence-electron chi connectivity index (χ1n) is 13.5. The molecular formula is C38H28O4. The molecule has 2 N–H and O–H groups in total. The van der Waals surface area contributed by atoms with Gasteiger partial charge in [-0.05, 0) is 35.4 Å². The van der Waals surface area contributed by atoms with Gasteiger partial charge in [0, 0.05) is 33.4 Å². The molecule has 6 aromatic carbocycles. The molecule has 0 atom stereocenters. The maximum atomic E-state index is 12.5. The first kappa shape index (κ1) is 27.8. The molecule has 0 fully saturated rings. The number of benzene rings is 6. The standard InChI is InChI=1S/C19H14O3.C19H14O/c20-17-9-5-4-8-15(17)16-12-14(10-11-18(16)21)19(22)13-6-2-1-3-7-13;20-19(17-9-5-2-6-10-17)18-13-11-16(12-14-18)15-7-3-1-4-8-15/h1-12,20-21H;1-14H. The van der Waals surface area contributed by atoms with Gasteiger partial charge in [0.25, 0.3) is 0 Å². The van der Waals surface area contributed by atoms with Gasteiger partial charge in [0.15, 0.2) is 11.6 Å². The lowest BCUT2D eigenvalue weighted by Crippen LogP contribution is -2.01. The molecule has 0 heterocycles. The normalized spacial score (nSPS) is 10.3. The molecule has 4 nitrogen and oxygen atoms in total. The Hall–Kier alpha value is -5.74. The van der Waals surface area contributed by atoms with Crippen LogP contribution in [0.3, 0.4) is 0 Å². The second-order valence-corrected chi connectivity index (χ2v) is 9.58. The Morgan fingerprint density at radius 1 is 0.357 bits per heavy atom. The van der Waals surface area contributed by atoms with Crippen molar-refractivity contribution in [1.29, 1.82) is 0 Å². The van der Waals surface area contributed by atoms with Gasteiger partial charge < -0.3 is 10.2 Å². The number of phenols is 2. The number of rotatable bonds is 6. The van der Waals surface area contributed by atoms with Crippen LogP contribution in [-0.4, -0.2) is 21.8 Å². The smallest absolute Gasteiger partial charge is 0.193 e. The molecule has 204 valence electrons. The van der Waals surface area contributed by atoms with Crippen LogP contribution in [0.2, 0.25) is 0 Å². The topological polar surface area (TPSA) is 74.6 Å². The summed E-state index contributed by atoms with van der Waals surface area (Å²) in [4.78, 5) is 24.8. The molecule has 4 heteroatoms. The lowest BCUT2D eigenvalue weighted by molar-refractivity contribution is 0.103. The van der Waals surface area contributed by atoms with Crippen molar-refractivity contribution in [1.82, 2.24) is 0 Å². The fourth-order valence-electron chi connectivity index (χ4n) is 4.55. The predicted molar refractivity (Wildman–Crippen MR) is 167 cm³/mol. The van der Waals surface area contributed by atoms with Gasteiger partial charge in [0.2, 0.25) is 0 Å². The molecule has 6 rings (SSSR count). The highest BCUT2D eigenvalue weighted by Crippen LogP contribution is 2.36. The largest absolute Gasteiger partial charge is 0.507 e. The molecule has 0 unspecified atom stereocenters. The van der Waals surface area contributed by atoms with Gasteiger partial charge in [-0.15, -0.1) is 0 Å². The molecule has 6 aromatic rings. The molecule has 0 saturated carbocycles. The summed E-state index contributed by atoms with van der Waals surface area (Å²) in [6, 6.07) is 47.6. The monoisotopic (exact) mass is 548 g/mol. The van der Waals surface area contributed by atoms with Crippen molar-refractivity contribution < 1.29 is 19.8 Å². The zero-order valence-electron chi connectivity index (χ0n) is 22.7. The SMILES string of the molecule is O=C(c1ccccc1)c1ccc(-c2ccccc2)cc1.O=C(c1ccccc1)c1ccc(O)c(-c2ccccc2O)c1. The van der Waals surface area contributed by atoms with Crippen LogP contribution in [0.5, 0.6) is 11.5 Å². The second kappa shape index (κ2) is 13.1. The first-order chi connectivity index (χ1) is 20.5. The van der Waals surface area contributed by atoms with E-state index in [0.29, 0.717) is 22.3 Å². The minimum atomic E-state index is -0.128. The molecule has 0 aromatic heterocycles. The van der Waals surface area contributed by atoms with E-state index in [1.807, 2.05) is 78.9 Å². The predicted octanol–water partition coefficient (Wildman–Crippen LogP) is 8.58. The van der Waals surface area contributed by atoms with Crippen LogP contribution < -0.4 is 0 Å². The van der Waals surface area contributed by atoms with Crippen molar-refractivity contribution in [2.24, 2.45) is 0 Å². The van der Waals surface area contributed by atoms with Crippen LogP contribution in [0.1, 0.15) is 31.8 Å². The highest BCUT2D eigenvalue weighted by molar-refractivity contribution is 6.10. The number of hydrogen-bond acceptors (Lipinski definition) is 4. The van der Waals surface area contributed by atoms with Gasteiger partial charge in [-0.1, -0.05) is 133 Å². The maximum Gasteiger partial charge on any atom is 0.193 e. The van der Waals surface area contributed by atoms with Crippen LogP contribution in [0.25, 0.3) is 22.3 Å². The molecule has 0 saturated heterocycles. The third-order valence-corrected chi connectivity index (χ3v) is 6.78. The molecule has 0 spiro atoms. The fourth-order valence-corrected chi connectivity index (χ4v) is 4.55. The fraction of sp³-hybridized carbons (Fsp3) is 0. The van der Waals surface area contributed by atoms with Crippen molar-refractivity contribution in [2.75, 3.05) is 0 Å². The van der Waals surface area contributed by atoms with Crippen LogP contribution >= 0.6 is 0 Å². The molecule has 0 amide bonds. The third kappa shape index (κ3) is 6.52. The Morgan fingerprint density at radius 2 is 0.762 bits per heavy atom. The second-order valence-electron chi connectivity index (χ2n) is 9.58. The summed E-state index contributed by atoms with van der Waals surface area (Å²) in [5.74, 6) is 0.00991. The maximum absolute atomic E-state index is 12.5. The van der Waals surface area contributed by atoms with Crippen LogP contribution in [0.4, 0.5) is 0 Å². The van der Waals surface area contributed by atoms with E-state index >= 15 is 0 Å². The Kier molecular flexibility index (Phi) is 8.66. The Balaban J connectivity index is 0.000000169. The molecule has 0 aliphatic heterocycles. The summed E-state index contributed by atoms with van der Waals surface area (Å²) in [6.45, 7) is 0. The summed E-state index contributed by atoms with van der Waals surface area (Å²) < 4.78 is 0. The van der Waals surface area contributed by atoms with Crippen LogP contribution in [-0.2, 0) is 0 Å². The Bertz CT molecular complexity index is 1790. The number of phenolic OH excluding ortho intramolecular Hbond substituents is 2. The number of aromatic hydroxyl groups is 2. The van der Waals surface area contributed by atoms with Crippen molar-refractivity contribution >= 4 is 11.6 Å². The van der Waals surface area contributed by atoms with Gasteiger partial charge in [0.05, 0.1) is 0 Å². The lowest BCUT2D eigenvalue weighted by Gasteiger charge is -2.09. The lowest BCUT2D eigenvalue weighted by atomic mass is 9.97. The number of para-hydroxylation sites is 1. The number of hydrogen-bond donors (Lipinski definition) is 2. The molecule has 42 heavy (non-hydrogen) atoms. The minimum absolute atomic E-state index is 0.0195. The molecule has 0 aliphatic carbocycles. The van der Waals surface area contributed by atoms with Gasteiger partial charge in [-0.2, -0.15) is 0 Å². The van der Waals surface area contributed by atoms with Crippen LogP contribution in [0, 0.1) is 0 Å². The molecule has 0 bridgehead atoms. The zero-order valence-corrected chi connectivity index (χ0v) is 22.7. The van der Waals surface area contributed by atoms with E-state index < -0.39 is 0 Å². The van der Waals surface area contributed by atoms with Gasteiger partial charge in [-0.3, -0.25) is 9.59 Å². The van der Waals surface area contributed by atoms with Gasteiger partial charge in [-0.25, -0.2) is 0 Å². The highest BCUT2D eigenvalue weighted by atomic mass is 16.3. The zero-order chi connectivity index (χ0) is 29.3. The summed E-state index contributed by atoms with van der Waals surface area (Å²) in [7, 11) is 0. The quantitative estimate of drug-likeness (QED) is 0.204. The van der Waals surface area contributed by atoms with E-state index in [4.69, 9.17) is 0 Å². The number of carbonyl (C=O) groups is 2. The van der Waals surface area contributed by atoms with E-state index in [1.54, 1.807) is 60.7 Å². The van der Waals surface area contributed by atoms with E-state index in [-0.39, 0.29) is 23.1 Å².